The molecule has 1 aromatic heterocycles. The maximum Gasteiger partial charge on any atom is 0.248 e. The summed E-state index contributed by atoms with van der Waals surface area (Å²) in [6.07, 6.45) is 0.853. The predicted octanol–water partition coefficient (Wildman–Crippen LogP) is 4.87. The summed E-state index contributed by atoms with van der Waals surface area (Å²) in [6.45, 7) is 2.02. The number of rotatable bonds is 3. The van der Waals surface area contributed by atoms with Crippen LogP contribution in [0.4, 0.5) is 4.39 Å². The molecule has 3 nitrogen and oxygen atoms in total. The Morgan fingerprint density at radius 1 is 1.15 bits per heavy atom. The summed E-state index contributed by atoms with van der Waals surface area (Å²) in [4.78, 5) is 0.0375. The van der Waals surface area contributed by atoms with Crippen LogP contribution in [0, 0.1) is 5.82 Å². The third kappa shape index (κ3) is 2.22. The van der Waals surface area contributed by atoms with Gasteiger partial charge in [0.25, 0.3) is 0 Å². The minimum absolute atomic E-state index is 0.0375. The molecule has 3 rings (SSSR count). The number of fused-ring (bicyclic) bond motifs is 1. The molecule has 2 aromatic carbocycles. The SMILES string of the molecule is CCC(Br)c1nnc(-c2ccc(F)c3ccccc23)o1. The molecule has 0 spiro atoms. The summed E-state index contributed by atoms with van der Waals surface area (Å²) in [5.74, 6) is 0.695. The molecule has 0 N–H and O–H groups in total. The highest BCUT2D eigenvalue weighted by molar-refractivity contribution is 9.09. The third-order valence-corrected chi connectivity index (χ3v) is 4.21. The molecule has 3 aromatic rings. The lowest BCUT2D eigenvalue weighted by molar-refractivity contribution is 0.500. The Balaban J connectivity index is 2.15. The van der Waals surface area contributed by atoms with Gasteiger partial charge in [0.05, 0.1) is 4.83 Å². The molecule has 0 aliphatic carbocycles. The van der Waals surface area contributed by atoms with Crippen molar-refractivity contribution in [3.05, 3.63) is 48.1 Å². The summed E-state index contributed by atoms with van der Waals surface area (Å²) in [7, 11) is 0. The highest BCUT2D eigenvalue weighted by Gasteiger charge is 2.17. The monoisotopic (exact) mass is 334 g/mol. The molecule has 102 valence electrons. The zero-order chi connectivity index (χ0) is 14.1. The Hall–Kier alpha value is -1.75. The number of benzene rings is 2. The van der Waals surface area contributed by atoms with Crippen LogP contribution in [-0.4, -0.2) is 10.2 Å². The van der Waals surface area contributed by atoms with E-state index in [2.05, 4.69) is 26.1 Å². The van der Waals surface area contributed by atoms with Crippen LogP contribution < -0.4 is 0 Å². The number of hydrogen-bond acceptors (Lipinski definition) is 3. The lowest BCUT2D eigenvalue weighted by atomic mass is 10.0. The maximum absolute atomic E-state index is 13.8. The van der Waals surface area contributed by atoms with Gasteiger partial charge < -0.3 is 4.42 Å². The molecule has 0 fully saturated rings. The number of alkyl halides is 1. The van der Waals surface area contributed by atoms with E-state index in [1.54, 1.807) is 18.2 Å². The predicted molar refractivity (Wildman–Crippen MR) is 79.2 cm³/mol. The molecule has 0 aliphatic heterocycles. The number of nitrogens with zero attached hydrogens (tertiary/aromatic N) is 2. The first-order chi connectivity index (χ1) is 9.70. The Labute approximate surface area is 124 Å². The van der Waals surface area contributed by atoms with E-state index in [1.165, 1.54) is 6.07 Å². The van der Waals surface area contributed by atoms with E-state index < -0.39 is 0 Å². The van der Waals surface area contributed by atoms with Gasteiger partial charge in [-0.2, -0.15) is 0 Å². The average molecular weight is 335 g/mol. The van der Waals surface area contributed by atoms with Gasteiger partial charge >= 0.3 is 0 Å². The van der Waals surface area contributed by atoms with Crippen molar-refractivity contribution in [2.45, 2.75) is 18.2 Å². The minimum atomic E-state index is -0.254. The van der Waals surface area contributed by atoms with Crippen molar-refractivity contribution in [2.24, 2.45) is 0 Å². The molecule has 5 heteroatoms. The Morgan fingerprint density at radius 3 is 2.65 bits per heavy atom. The first-order valence-corrected chi connectivity index (χ1v) is 7.27. The van der Waals surface area contributed by atoms with Crippen molar-refractivity contribution in [1.82, 2.24) is 10.2 Å². The molecule has 0 saturated carbocycles. The van der Waals surface area contributed by atoms with Crippen molar-refractivity contribution < 1.29 is 8.81 Å². The molecule has 1 atom stereocenters. The molecule has 1 unspecified atom stereocenters. The summed E-state index contributed by atoms with van der Waals surface area (Å²) < 4.78 is 19.5. The average Bonchev–Trinajstić information content (AvgIpc) is 2.97. The first-order valence-electron chi connectivity index (χ1n) is 6.35. The van der Waals surface area contributed by atoms with Crippen LogP contribution >= 0.6 is 15.9 Å². The fourth-order valence-electron chi connectivity index (χ4n) is 2.09. The van der Waals surface area contributed by atoms with Gasteiger partial charge in [-0.3, -0.25) is 0 Å². The first kappa shape index (κ1) is 13.2. The van der Waals surface area contributed by atoms with E-state index in [-0.39, 0.29) is 10.6 Å². The van der Waals surface area contributed by atoms with Crippen molar-refractivity contribution in [1.29, 1.82) is 0 Å². The van der Waals surface area contributed by atoms with E-state index in [0.717, 1.165) is 17.4 Å². The van der Waals surface area contributed by atoms with Crippen LogP contribution in [0.5, 0.6) is 0 Å². The largest absolute Gasteiger partial charge is 0.419 e. The summed E-state index contributed by atoms with van der Waals surface area (Å²) in [5.41, 5.74) is 0.747. The second-order valence-electron chi connectivity index (χ2n) is 4.46. The van der Waals surface area contributed by atoms with Crippen molar-refractivity contribution in [2.75, 3.05) is 0 Å². The third-order valence-electron chi connectivity index (χ3n) is 3.17. The van der Waals surface area contributed by atoms with Crippen LogP contribution in [0.15, 0.2) is 40.8 Å². The topological polar surface area (TPSA) is 38.9 Å². The molecule has 0 saturated heterocycles. The van der Waals surface area contributed by atoms with E-state index in [0.29, 0.717) is 17.2 Å². The van der Waals surface area contributed by atoms with Gasteiger partial charge in [-0.05, 0) is 23.9 Å². The Kier molecular flexibility index (Phi) is 3.53. The van der Waals surface area contributed by atoms with E-state index in [1.807, 2.05) is 19.1 Å². The van der Waals surface area contributed by atoms with Crippen molar-refractivity contribution >= 4 is 26.7 Å². The van der Waals surface area contributed by atoms with E-state index >= 15 is 0 Å². The van der Waals surface area contributed by atoms with Gasteiger partial charge in [0.15, 0.2) is 0 Å². The quantitative estimate of drug-likeness (QED) is 0.641. The van der Waals surface area contributed by atoms with Gasteiger partial charge in [-0.25, -0.2) is 4.39 Å². The smallest absolute Gasteiger partial charge is 0.248 e. The molecule has 0 bridgehead atoms. The van der Waals surface area contributed by atoms with Crippen molar-refractivity contribution in [3.8, 4) is 11.5 Å². The molecule has 0 aliphatic rings. The van der Waals surface area contributed by atoms with Crippen LogP contribution in [0.25, 0.3) is 22.2 Å². The Morgan fingerprint density at radius 2 is 1.90 bits per heavy atom. The van der Waals surface area contributed by atoms with Gasteiger partial charge in [0.1, 0.15) is 5.82 Å². The molecule has 0 radical (unpaired) electrons. The van der Waals surface area contributed by atoms with Crippen LogP contribution in [-0.2, 0) is 0 Å². The molecular weight excluding hydrogens is 323 g/mol. The zero-order valence-electron chi connectivity index (χ0n) is 10.8. The second kappa shape index (κ2) is 5.32. The fourth-order valence-corrected chi connectivity index (χ4v) is 2.28. The van der Waals surface area contributed by atoms with Crippen LogP contribution in [0.3, 0.4) is 0 Å². The lowest BCUT2D eigenvalue weighted by Crippen LogP contribution is -1.86. The number of halogens is 2. The standard InChI is InChI=1S/C15H12BrFN2O/c1-2-12(16)15-19-18-14(20-15)11-7-8-13(17)10-6-4-3-5-9(10)11/h3-8,12H,2H2,1H3. The Bertz CT molecular complexity index is 756. The molecular formula is C15H12BrFN2O. The zero-order valence-corrected chi connectivity index (χ0v) is 12.4. The van der Waals surface area contributed by atoms with Crippen LogP contribution in [0.1, 0.15) is 24.1 Å². The maximum atomic E-state index is 13.8. The second-order valence-corrected chi connectivity index (χ2v) is 5.57. The fraction of sp³-hybridized carbons (Fsp3) is 0.200. The van der Waals surface area contributed by atoms with Gasteiger partial charge in [-0.15, -0.1) is 10.2 Å². The highest BCUT2D eigenvalue weighted by atomic mass is 79.9. The minimum Gasteiger partial charge on any atom is -0.419 e. The lowest BCUT2D eigenvalue weighted by Gasteiger charge is -2.04. The van der Waals surface area contributed by atoms with Gasteiger partial charge in [0, 0.05) is 10.9 Å². The number of hydrogen-bond donors (Lipinski definition) is 0. The summed E-state index contributed by atoms with van der Waals surface area (Å²) in [6, 6.07) is 10.4. The van der Waals surface area contributed by atoms with E-state index in [9.17, 15) is 4.39 Å². The van der Waals surface area contributed by atoms with Crippen LogP contribution in [0.2, 0.25) is 0 Å². The normalized spacial score (nSPS) is 12.8. The summed E-state index contributed by atoms with van der Waals surface area (Å²) in [5, 5.41) is 9.42. The van der Waals surface area contributed by atoms with Gasteiger partial charge in [0.2, 0.25) is 11.8 Å². The van der Waals surface area contributed by atoms with Crippen molar-refractivity contribution in [3.63, 3.8) is 0 Å². The molecule has 1 heterocycles. The highest BCUT2D eigenvalue weighted by Crippen LogP contribution is 2.32. The number of aromatic nitrogens is 2. The molecule has 20 heavy (non-hydrogen) atoms. The summed E-state index contributed by atoms with van der Waals surface area (Å²) >= 11 is 3.48. The van der Waals surface area contributed by atoms with E-state index in [4.69, 9.17) is 4.42 Å². The van der Waals surface area contributed by atoms with Gasteiger partial charge in [-0.1, -0.05) is 47.1 Å². The molecule has 0 amide bonds.